The van der Waals surface area contributed by atoms with Crippen LogP contribution in [0.5, 0.6) is 0 Å². The summed E-state index contributed by atoms with van der Waals surface area (Å²) in [6.45, 7) is 0. The van der Waals surface area contributed by atoms with Crippen LogP contribution >= 0.6 is 11.6 Å². The Labute approximate surface area is 118 Å². The van der Waals surface area contributed by atoms with Gasteiger partial charge in [0.1, 0.15) is 11.6 Å². The maximum absolute atomic E-state index is 13.7. The van der Waals surface area contributed by atoms with Crippen LogP contribution in [0.15, 0.2) is 30.5 Å². The molecule has 0 aliphatic carbocycles. The molecule has 2 rings (SSSR count). The van der Waals surface area contributed by atoms with Crippen LogP contribution in [0.3, 0.4) is 0 Å². The number of benzene rings is 1. The summed E-state index contributed by atoms with van der Waals surface area (Å²) in [5, 5.41) is 20.1. The molecular formula is C13H7ClFN3O2. The molecule has 0 aliphatic heterocycles. The molecule has 0 saturated carbocycles. The van der Waals surface area contributed by atoms with Gasteiger partial charge in [0, 0.05) is 6.20 Å². The van der Waals surface area contributed by atoms with Crippen molar-refractivity contribution in [3.05, 3.63) is 52.4 Å². The van der Waals surface area contributed by atoms with E-state index in [1.165, 1.54) is 18.2 Å². The van der Waals surface area contributed by atoms with Crippen molar-refractivity contribution in [2.75, 3.05) is 5.32 Å². The van der Waals surface area contributed by atoms with Gasteiger partial charge in [-0.25, -0.2) is 14.2 Å². The Morgan fingerprint density at radius 3 is 2.75 bits per heavy atom. The number of carboxylic acid groups (broad SMARTS) is 1. The highest BCUT2D eigenvalue weighted by Crippen LogP contribution is 2.26. The Balaban J connectivity index is 2.31. The van der Waals surface area contributed by atoms with E-state index < -0.39 is 11.8 Å². The Kier molecular flexibility index (Phi) is 3.82. The van der Waals surface area contributed by atoms with Crippen molar-refractivity contribution in [2.45, 2.75) is 0 Å². The number of carbonyl (C=O) groups is 1. The van der Waals surface area contributed by atoms with Crippen LogP contribution in [0.4, 0.5) is 15.9 Å². The summed E-state index contributed by atoms with van der Waals surface area (Å²) >= 11 is 5.87. The first-order valence-corrected chi connectivity index (χ1v) is 5.74. The quantitative estimate of drug-likeness (QED) is 0.907. The third-order valence-electron chi connectivity index (χ3n) is 2.44. The Morgan fingerprint density at radius 2 is 2.20 bits per heavy atom. The van der Waals surface area contributed by atoms with E-state index in [0.29, 0.717) is 0 Å². The summed E-state index contributed by atoms with van der Waals surface area (Å²) in [5.41, 5.74) is 0.204. The summed E-state index contributed by atoms with van der Waals surface area (Å²) in [6.07, 6.45) is 1.11. The molecule has 0 unspecified atom stereocenters. The van der Waals surface area contributed by atoms with E-state index in [1.54, 1.807) is 0 Å². The molecule has 0 amide bonds. The van der Waals surface area contributed by atoms with Crippen molar-refractivity contribution in [3.8, 4) is 6.07 Å². The number of pyridine rings is 1. The lowest BCUT2D eigenvalue weighted by Gasteiger charge is -2.09. The number of nitrogens with one attached hydrogen (secondary N) is 1. The molecule has 7 heteroatoms. The second kappa shape index (κ2) is 5.55. The Morgan fingerprint density at radius 1 is 1.45 bits per heavy atom. The maximum atomic E-state index is 13.7. The van der Waals surface area contributed by atoms with Gasteiger partial charge in [-0.05, 0) is 24.3 Å². The lowest BCUT2D eigenvalue weighted by molar-refractivity contribution is 0.0696. The zero-order valence-electron chi connectivity index (χ0n) is 9.89. The van der Waals surface area contributed by atoms with Gasteiger partial charge in [-0.15, -0.1) is 0 Å². The number of anilines is 2. The fourth-order valence-corrected chi connectivity index (χ4v) is 1.67. The lowest BCUT2D eigenvalue weighted by Crippen LogP contribution is -2.01. The number of hydrogen-bond donors (Lipinski definition) is 2. The first kappa shape index (κ1) is 13.8. The van der Waals surface area contributed by atoms with Crippen molar-refractivity contribution < 1.29 is 14.3 Å². The molecule has 0 aliphatic rings. The van der Waals surface area contributed by atoms with Crippen molar-refractivity contribution >= 4 is 29.1 Å². The van der Waals surface area contributed by atoms with Crippen LogP contribution in [-0.4, -0.2) is 16.1 Å². The Hall–Kier alpha value is -2.65. The minimum Gasteiger partial charge on any atom is -0.478 e. The van der Waals surface area contributed by atoms with E-state index in [4.69, 9.17) is 22.0 Å². The minimum atomic E-state index is -1.16. The van der Waals surface area contributed by atoms with Gasteiger partial charge >= 0.3 is 5.97 Å². The average molecular weight is 292 g/mol. The first-order valence-electron chi connectivity index (χ1n) is 5.37. The van der Waals surface area contributed by atoms with Crippen LogP contribution in [0.2, 0.25) is 5.02 Å². The highest BCUT2D eigenvalue weighted by molar-refractivity contribution is 6.33. The van der Waals surface area contributed by atoms with Crippen molar-refractivity contribution in [3.63, 3.8) is 0 Å². The summed E-state index contributed by atoms with van der Waals surface area (Å²) in [7, 11) is 0. The molecule has 0 atom stereocenters. The van der Waals surface area contributed by atoms with Gasteiger partial charge in [-0.3, -0.25) is 0 Å². The molecule has 0 fully saturated rings. The van der Waals surface area contributed by atoms with Gasteiger partial charge < -0.3 is 10.4 Å². The zero-order valence-corrected chi connectivity index (χ0v) is 10.6. The topological polar surface area (TPSA) is 86.0 Å². The summed E-state index contributed by atoms with van der Waals surface area (Å²) in [4.78, 5) is 14.6. The largest absolute Gasteiger partial charge is 0.478 e. The lowest BCUT2D eigenvalue weighted by atomic mass is 10.2. The maximum Gasteiger partial charge on any atom is 0.337 e. The second-order valence-electron chi connectivity index (χ2n) is 3.79. The molecule has 20 heavy (non-hydrogen) atoms. The normalized spacial score (nSPS) is 9.85. The molecular weight excluding hydrogens is 285 g/mol. The van der Waals surface area contributed by atoms with Crippen LogP contribution in [0.1, 0.15) is 15.9 Å². The van der Waals surface area contributed by atoms with Gasteiger partial charge in [-0.1, -0.05) is 11.6 Å². The van der Waals surface area contributed by atoms with E-state index >= 15 is 0 Å². The SMILES string of the molecule is N#Cc1ccc(Nc2ncc(C(=O)O)cc2Cl)c(F)c1. The van der Waals surface area contributed by atoms with E-state index in [1.807, 2.05) is 6.07 Å². The highest BCUT2D eigenvalue weighted by Gasteiger charge is 2.10. The predicted molar refractivity (Wildman–Crippen MR) is 70.6 cm³/mol. The summed E-state index contributed by atoms with van der Waals surface area (Å²) < 4.78 is 13.7. The van der Waals surface area contributed by atoms with Crippen LogP contribution in [0.25, 0.3) is 0 Å². The van der Waals surface area contributed by atoms with Gasteiger partial charge in [0.2, 0.25) is 0 Å². The number of nitriles is 1. The molecule has 1 aromatic carbocycles. The first-order chi connectivity index (χ1) is 9.51. The molecule has 5 nitrogen and oxygen atoms in total. The second-order valence-corrected chi connectivity index (χ2v) is 4.20. The van der Waals surface area contributed by atoms with Crippen LogP contribution in [0, 0.1) is 17.1 Å². The molecule has 1 aromatic heterocycles. The van der Waals surface area contributed by atoms with Crippen molar-refractivity contribution in [1.29, 1.82) is 5.26 Å². The fraction of sp³-hybridized carbons (Fsp3) is 0. The van der Waals surface area contributed by atoms with E-state index in [9.17, 15) is 9.18 Å². The number of nitrogens with zero attached hydrogens (tertiary/aromatic N) is 2. The number of aromatic carboxylic acids is 1. The van der Waals surface area contributed by atoms with E-state index in [0.717, 1.165) is 12.3 Å². The monoisotopic (exact) mass is 291 g/mol. The van der Waals surface area contributed by atoms with Crippen LogP contribution in [-0.2, 0) is 0 Å². The highest BCUT2D eigenvalue weighted by atomic mass is 35.5. The molecule has 0 spiro atoms. The number of carboxylic acids is 1. The third kappa shape index (κ3) is 2.84. The van der Waals surface area contributed by atoms with Crippen molar-refractivity contribution in [2.24, 2.45) is 0 Å². The molecule has 2 aromatic rings. The molecule has 2 N–H and O–H groups in total. The van der Waals surface area contributed by atoms with Crippen molar-refractivity contribution in [1.82, 2.24) is 4.98 Å². The summed E-state index contributed by atoms with van der Waals surface area (Å²) in [6, 6.07) is 6.90. The minimum absolute atomic E-state index is 0.0497. The third-order valence-corrected chi connectivity index (χ3v) is 2.73. The standard InChI is InChI=1S/C13H7ClFN3O2/c14-9-4-8(13(19)20)6-17-12(9)18-11-2-1-7(5-16)3-10(11)15/h1-4,6H,(H,17,18)(H,19,20). The molecule has 0 bridgehead atoms. The zero-order chi connectivity index (χ0) is 14.7. The number of rotatable bonds is 3. The number of hydrogen-bond acceptors (Lipinski definition) is 4. The van der Waals surface area contributed by atoms with Gasteiger partial charge in [0.15, 0.2) is 0 Å². The molecule has 0 radical (unpaired) electrons. The summed E-state index contributed by atoms with van der Waals surface area (Å²) in [5.74, 6) is -1.67. The molecule has 1 heterocycles. The average Bonchev–Trinajstić information content (AvgIpc) is 2.42. The van der Waals surface area contributed by atoms with E-state index in [2.05, 4.69) is 10.3 Å². The number of aromatic nitrogens is 1. The number of halogens is 2. The molecule has 100 valence electrons. The van der Waals surface area contributed by atoms with Gasteiger partial charge in [-0.2, -0.15) is 5.26 Å². The smallest absolute Gasteiger partial charge is 0.337 e. The van der Waals surface area contributed by atoms with Gasteiger partial charge in [0.05, 0.1) is 27.9 Å². The fourth-order valence-electron chi connectivity index (χ4n) is 1.46. The van der Waals surface area contributed by atoms with E-state index in [-0.39, 0.29) is 27.7 Å². The molecule has 0 saturated heterocycles. The Bertz CT molecular complexity index is 728. The van der Waals surface area contributed by atoms with Crippen LogP contribution < -0.4 is 5.32 Å². The van der Waals surface area contributed by atoms with Gasteiger partial charge in [0.25, 0.3) is 0 Å². The predicted octanol–water partition coefficient (Wildman–Crippen LogP) is 3.19.